The second-order valence-electron chi connectivity index (χ2n) is 3.52. The van der Waals surface area contributed by atoms with Crippen LogP contribution in [0.25, 0.3) is 6.08 Å². The van der Waals surface area contributed by atoms with E-state index < -0.39 is 26.4 Å². The SMILES string of the molecule is CC(=O)Oc1ccc2c(c1[N+](=O)[O-])C=CS2(=O)=O. The maximum absolute atomic E-state index is 11.5. The van der Waals surface area contributed by atoms with Crippen LogP contribution in [0.4, 0.5) is 5.69 Å². The molecule has 1 aromatic carbocycles. The first-order valence-corrected chi connectivity index (χ1v) is 6.30. The van der Waals surface area contributed by atoms with Crippen molar-refractivity contribution in [3.8, 4) is 5.75 Å². The summed E-state index contributed by atoms with van der Waals surface area (Å²) < 4.78 is 27.8. The number of benzene rings is 1. The van der Waals surface area contributed by atoms with E-state index in [1.54, 1.807) is 0 Å². The van der Waals surface area contributed by atoms with E-state index in [9.17, 15) is 23.3 Å². The van der Waals surface area contributed by atoms with Crippen LogP contribution in [0.2, 0.25) is 0 Å². The van der Waals surface area contributed by atoms with Crippen LogP contribution < -0.4 is 4.74 Å². The summed E-state index contributed by atoms with van der Waals surface area (Å²) in [6.07, 6.45) is 1.12. The van der Waals surface area contributed by atoms with Crippen molar-refractivity contribution in [2.75, 3.05) is 0 Å². The smallest absolute Gasteiger partial charge is 0.320 e. The highest BCUT2D eigenvalue weighted by Gasteiger charge is 2.31. The monoisotopic (exact) mass is 269 g/mol. The molecule has 0 aromatic heterocycles. The lowest BCUT2D eigenvalue weighted by Crippen LogP contribution is -2.06. The van der Waals surface area contributed by atoms with Crippen LogP contribution in [0.3, 0.4) is 0 Å². The lowest BCUT2D eigenvalue weighted by Gasteiger charge is -2.05. The zero-order chi connectivity index (χ0) is 13.5. The van der Waals surface area contributed by atoms with Crippen molar-refractivity contribution >= 4 is 27.6 Å². The highest BCUT2D eigenvalue weighted by atomic mass is 32.2. The second kappa shape index (κ2) is 3.91. The van der Waals surface area contributed by atoms with Gasteiger partial charge in [-0.2, -0.15) is 0 Å². The molecule has 0 saturated heterocycles. The van der Waals surface area contributed by atoms with E-state index in [0.717, 1.165) is 24.5 Å². The zero-order valence-electron chi connectivity index (χ0n) is 9.11. The summed E-state index contributed by atoms with van der Waals surface area (Å²) >= 11 is 0. The number of esters is 1. The van der Waals surface area contributed by atoms with E-state index in [-0.39, 0.29) is 16.2 Å². The number of nitro groups is 1. The molecule has 0 aliphatic carbocycles. The van der Waals surface area contributed by atoms with Gasteiger partial charge in [0.1, 0.15) is 0 Å². The highest BCUT2D eigenvalue weighted by Crippen LogP contribution is 2.40. The van der Waals surface area contributed by atoms with Gasteiger partial charge < -0.3 is 4.74 Å². The van der Waals surface area contributed by atoms with Crippen LogP contribution in [0.5, 0.6) is 5.75 Å². The Hall–Kier alpha value is -2.22. The maximum atomic E-state index is 11.5. The van der Waals surface area contributed by atoms with Crippen LogP contribution in [0.1, 0.15) is 12.5 Å². The fourth-order valence-electron chi connectivity index (χ4n) is 1.64. The van der Waals surface area contributed by atoms with Gasteiger partial charge in [0.25, 0.3) is 0 Å². The van der Waals surface area contributed by atoms with Crippen LogP contribution in [-0.4, -0.2) is 19.3 Å². The van der Waals surface area contributed by atoms with Crippen LogP contribution in [0.15, 0.2) is 22.4 Å². The summed E-state index contributed by atoms with van der Waals surface area (Å²) in [5.41, 5.74) is -0.598. The van der Waals surface area contributed by atoms with E-state index in [1.807, 2.05) is 0 Å². The van der Waals surface area contributed by atoms with Gasteiger partial charge in [0.2, 0.25) is 15.6 Å². The predicted molar refractivity (Wildman–Crippen MR) is 60.6 cm³/mol. The lowest BCUT2D eigenvalue weighted by atomic mass is 10.1. The molecule has 2 rings (SSSR count). The molecule has 1 aliphatic heterocycles. The second-order valence-corrected chi connectivity index (χ2v) is 5.32. The molecule has 7 nitrogen and oxygen atoms in total. The predicted octanol–water partition coefficient (Wildman–Crippen LogP) is 1.28. The summed E-state index contributed by atoms with van der Waals surface area (Å²) in [6.45, 7) is 1.10. The molecule has 1 aliphatic rings. The maximum Gasteiger partial charge on any atom is 0.320 e. The van der Waals surface area contributed by atoms with Gasteiger partial charge in [-0.25, -0.2) is 8.42 Å². The largest absolute Gasteiger partial charge is 0.419 e. The number of carbonyl (C=O) groups excluding carboxylic acids is 1. The summed E-state index contributed by atoms with van der Waals surface area (Å²) in [5.74, 6) is -0.990. The standard InChI is InChI=1S/C10H7NO6S/c1-6(12)17-8-2-3-9-7(10(8)11(13)14)4-5-18(9,15)16/h2-5H,1H3. The highest BCUT2D eigenvalue weighted by molar-refractivity contribution is 7.94. The number of sulfone groups is 1. The topological polar surface area (TPSA) is 104 Å². The number of nitro benzene ring substituents is 1. The van der Waals surface area contributed by atoms with Crippen molar-refractivity contribution < 1.29 is 22.9 Å². The minimum absolute atomic E-state index is 0.0706. The van der Waals surface area contributed by atoms with Gasteiger partial charge in [0, 0.05) is 12.3 Å². The van der Waals surface area contributed by atoms with E-state index in [4.69, 9.17) is 4.74 Å². The molecule has 0 fully saturated rings. The van der Waals surface area contributed by atoms with E-state index in [2.05, 4.69) is 0 Å². The summed E-state index contributed by atoms with van der Waals surface area (Å²) in [5, 5.41) is 11.8. The number of hydrogen-bond donors (Lipinski definition) is 0. The summed E-state index contributed by atoms with van der Waals surface area (Å²) in [4.78, 5) is 20.9. The lowest BCUT2D eigenvalue weighted by molar-refractivity contribution is -0.386. The Bertz CT molecular complexity index is 689. The Morgan fingerprint density at radius 3 is 2.61 bits per heavy atom. The molecule has 18 heavy (non-hydrogen) atoms. The molecule has 1 aromatic rings. The molecule has 0 spiro atoms. The minimum atomic E-state index is -3.63. The third kappa shape index (κ3) is 1.86. The van der Waals surface area contributed by atoms with Gasteiger partial charge in [-0.1, -0.05) is 0 Å². The Balaban J connectivity index is 2.72. The first kappa shape index (κ1) is 12.2. The molecule has 94 valence electrons. The van der Waals surface area contributed by atoms with Crippen molar-refractivity contribution in [2.24, 2.45) is 0 Å². The van der Waals surface area contributed by atoms with Gasteiger partial charge in [-0.3, -0.25) is 14.9 Å². The van der Waals surface area contributed by atoms with Crippen molar-refractivity contribution in [2.45, 2.75) is 11.8 Å². The molecule has 0 saturated carbocycles. The molecule has 0 atom stereocenters. The van der Waals surface area contributed by atoms with Gasteiger partial charge in [-0.05, 0) is 18.2 Å². The van der Waals surface area contributed by atoms with E-state index >= 15 is 0 Å². The van der Waals surface area contributed by atoms with Crippen molar-refractivity contribution in [1.82, 2.24) is 0 Å². The first-order chi connectivity index (χ1) is 8.33. The van der Waals surface area contributed by atoms with E-state index in [1.165, 1.54) is 6.07 Å². The van der Waals surface area contributed by atoms with Crippen molar-refractivity contribution in [3.05, 3.63) is 33.2 Å². The summed E-state index contributed by atoms with van der Waals surface area (Å²) in [6, 6.07) is 2.28. The number of carbonyl (C=O) groups is 1. The Labute approximate surface area is 102 Å². The normalized spacial score (nSPS) is 15.2. The fourth-order valence-corrected chi connectivity index (χ4v) is 2.83. The molecule has 0 unspecified atom stereocenters. The molecule has 0 N–H and O–H groups in total. The minimum Gasteiger partial charge on any atom is -0.419 e. The third-order valence-electron chi connectivity index (χ3n) is 2.30. The molecule has 0 radical (unpaired) electrons. The van der Waals surface area contributed by atoms with Crippen LogP contribution in [0, 0.1) is 10.1 Å². The zero-order valence-corrected chi connectivity index (χ0v) is 9.93. The van der Waals surface area contributed by atoms with Crippen LogP contribution in [-0.2, 0) is 14.6 Å². The molecule has 1 heterocycles. The van der Waals surface area contributed by atoms with Gasteiger partial charge in [0.15, 0.2) is 0 Å². The van der Waals surface area contributed by atoms with Gasteiger partial charge in [0.05, 0.1) is 15.4 Å². The number of nitrogens with zero attached hydrogens (tertiary/aromatic N) is 1. The molecule has 0 amide bonds. The Kier molecular flexibility index (Phi) is 2.66. The summed E-state index contributed by atoms with van der Waals surface area (Å²) in [7, 11) is -3.63. The average Bonchev–Trinajstić information content (AvgIpc) is 2.53. The molecule has 8 heteroatoms. The Morgan fingerprint density at radius 2 is 2.06 bits per heavy atom. The van der Waals surface area contributed by atoms with Crippen LogP contribution >= 0.6 is 0 Å². The number of hydrogen-bond acceptors (Lipinski definition) is 6. The molecular formula is C10H7NO6S. The van der Waals surface area contributed by atoms with Crippen molar-refractivity contribution in [3.63, 3.8) is 0 Å². The number of fused-ring (bicyclic) bond motifs is 1. The molecule has 0 bridgehead atoms. The van der Waals surface area contributed by atoms with Gasteiger partial charge >= 0.3 is 11.7 Å². The average molecular weight is 269 g/mol. The number of rotatable bonds is 2. The number of ether oxygens (including phenoxy) is 1. The fraction of sp³-hybridized carbons (Fsp3) is 0.100. The Morgan fingerprint density at radius 1 is 1.39 bits per heavy atom. The first-order valence-electron chi connectivity index (χ1n) is 4.76. The quantitative estimate of drug-likeness (QED) is 0.346. The van der Waals surface area contributed by atoms with Crippen molar-refractivity contribution in [1.29, 1.82) is 0 Å². The molecular weight excluding hydrogens is 262 g/mol. The third-order valence-corrected chi connectivity index (χ3v) is 3.76. The van der Waals surface area contributed by atoms with Gasteiger partial charge in [-0.15, -0.1) is 0 Å². The van der Waals surface area contributed by atoms with E-state index in [0.29, 0.717) is 0 Å².